The molecule has 186 valence electrons. The third-order valence-corrected chi connectivity index (χ3v) is 5.62. The number of nitrogens with zero attached hydrogens (tertiary/aromatic N) is 2. The number of hydroxylamine groups is 2. The van der Waals surface area contributed by atoms with Gasteiger partial charge in [-0.1, -0.05) is 32.1 Å². The highest BCUT2D eigenvalue weighted by atomic mass is 19.1. The average Bonchev–Trinajstić information content (AvgIpc) is 2.84. The summed E-state index contributed by atoms with van der Waals surface area (Å²) in [5.41, 5.74) is 2.65. The number of aromatic nitrogens is 2. The maximum absolute atomic E-state index is 14.7. The molecule has 3 rings (SSSR count). The van der Waals surface area contributed by atoms with Gasteiger partial charge in [0.1, 0.15) is 17.3 Å². The standard InChI is InChI=1S/C26H30F2N4O3/c1-5-7-17(25(33)29-4)8-9-20(16(3)27)18-10-11-32(35-15-18)14-19-12-23-24(13-21(19)28)30-22(6-2)26(34)31-23/h7-10,12-13H,5-6,11,14-15H2,1-4H3,(H,29,33)(H,31,34)/b9-8-,17-7-,20-16-. The first kappa shape index (κ1) is 26.2. The lowest BCUT2D eigenvalue weighted by molar-refractivity contribution is -0.156. The molecule has 0 saturated heterocycles. The summed E-state index contributed by atoms with van der Waals surface area (Å²) in [4.78, 5) is 36.8. The molecule has 0 saturated carbocycles. The van der Waals surface area contributed by atoms with Crippen molar-refractivity contribution in [2.75, 3.05) is 20.2 Å². The fraction of sp³-hybridized carbons (Fsp3) is 0.346. The summed E-state index contributed by atoms with van der Waals surface area (Å²) < 4.78 is 29.0. The number of amides is 1. The Bertz CT molecular complexity index is 1290. The number of aromatic amines is 1. The molecule has 0 fully saturated rings. The highest BCUT2D eigenvalue weighted by molar-refractivity contribution is 5.96. The van der Waals surface area contributed by atoms with Crippen LogP contribution in [0.4, 0.5) is 8.78 Å². The first-order chi connectivity index (χ1) is 16.8. The molecule has 1 amide bonds. The zero-order valence-electron chi connectivity index (χ0n) is 20.4. The van der Waals surface area contributed by atoms with E-state index in [1.54, 1.807) is 29.4 Å². The van der Waals surface area contributed by atoms with Crippen LogP contribution >= 0.6 is 0 Å². The molecular formula is C26H30F2N4O3. The Morgan fingerprint density at radius 1 is 1.31 bits per heavy atom. The highest BCUT2D eigenvalue weighted by Gasteiger charge is 2.19. The lowest BCUT2D eigenvalue weighted by atomic mass is 10.0. The molecule has 1 aromatic heterocycles. The van der Waals surface area contributed by atoms with E-state index in [2.05, 4.69) is 15.3 Å². The molecule has 35 heavy (non-hydrogen) atoms. The number of halogens is 2. The topological polar surface area (TPSA) is 87.3 Å². The maximum atomic E-state index is 14.7. The lowest BCUT2D eigenvalue weighted by Gasteiger charge is -2.26. The van der Waals surface area contributed by atoms with E-state index in [9.17, 15) is 18.4 Å². The number of carbonyl (C=O) groups excluding carboxylic acids is 1. The molecule has 0 atom stereocenters. The Kier molecular flexibility index (Phi) is 8.84. The minimum absolute atomic E-state index is 0.0845. The van der Waals surface area contributed by atoms with Gasteiger partial charge in [-0.25, -0.2) is 13.8 Å². The van der Waals surface area contributed by atoms with Crippen molar-refractivity contribution >= 4 is 16.9 Å². The number of nitrogens with one attached hydrogen (secondary N) is 2. The molecule has 1 aromatic carbocycles. The Morgan fingerprint density at radius 2 is 2.09 bits per heavy atom. The first-order valence-corrected chi connectivity index (χ1v) is 11.5. The smallest absolute Gasteiger partial charge is 0.270 e. The number of allylic oxidation sites excluding steroid dienone is 3. The second kappa shape index (κ2) is 11.8. The largest absolute Gasteiger partial charge is 0.355 e. The second-order valence-corrected chi connectivity index (χ2v) is 8.08. The third kappa shape index (κ3) is 6.37. The number of likely N-dealkylation sites (N-methyl/N-ethyl adjacent to an activating group) is 1. The fourth-order valence-electron chi connectivity index (χ4n) is 3.74. The molecule has 1 aliphatic heterocycles. The quantitative estimate of drug-likeness (QED) is 0.434. The van der Waals surface area contributed by atoms with Crippen LogP contribution in [0.5, 0.6) is 0 Å². The number of hydrogen-bond donors (Lipinski definition) is 2. The van der Waals surface area contributed by atoms with Crippen molar-refractivity contribution in [2.24, 2.45) is 0 Å². The number of carbonyl (C=O) groups is 1. The zero-order chi connectivity index (χ0) is 25.5. The lowest BCUT2D eigenvalue weighted by Crippen LogP contribution is -2.29. The minimum atomic E-state index is -0.454. The second-order valence-electron chi connectivity index (χ2n) is 8.08. The molecule has 0 bridgehead atoms. The van der Waals surface area contributed by atoms with Gasteiger partial charge in [0.05, 0.1) is 24.2 Å². The summed E-state index contributed by atoms with van der Waals surface area (Å²) in [6.45, 7) is 5.59. The molecule has 0 spiro atoms. The van der Waals surface area contributed by atoms with Gasteiger partial charge in [-0.2, -0.15) is 5.06 Å². The number of rotatable bonds is 8. The van der Waals surface area contributed by atoms with E-state index >= 15 is 0 Å². The van der Waals surface area contributed by atoms with Gasteiger partial charge in [0.25, 0.3) is 11.5 Å². The number of H-pyrrole nitrogens is 1. The van der Waals surface area contributed by atoms with Crippen molar-refractivity contribution in [2.45, 2.75) is 40.2 Å². The Labute approximate surface area is 202 Å². The van der Waals surface area contributed by atoms with E-state index in [0.717, 1.165) is 0 Å². The van der Waals surface area contributed by atoms with Crippen molar-refractivity contribution in [1.82, 2.24) is 20.3 Å². The Hall–Kier alpha value is -3.43. The molecule has 1 aliphatic rings. The zero-order valence-corrected chi connectivity index (χ0v) is 20.4. The third-order valence-electron chi connectivity index (χ3n) is 5.62. The van der Waals surface area contributed by atoms with Crippen LogP contribution in [0.2, 0.25) is 0 Å². The summed E-state index contributed by atoms with van der Waals surface area (Å²) in [6.07, 6.45) is 7.83. The number of hydrogen-bond acceptors (Lipinski definition) is 5. The Balaban J connectivity index is 1.77. The molecule has 2 N–H and O–H groups in total. The highest BCUT2D eigenvalue weighted by Crippen LogP contribution is 2.24. The van der Waals surface area contributed by atoms with Crippen molar-refractivity contribution in [3.05, 3.63) is 86.4 Å². The van der Waals surface area contributed by atoms with Crippen LogP contribution in [0.3, 0.4) is 0 Å². The van der Waals surface area contributed by atoms with Crippen molar-refractivity contribution < 1.29 is 18.4 Å². The van der Waals surface area contributed by atoms with Gasteiger partial charge in [0, 0.05) is 36.4 Å². The molecular weight excluding hydrogens is 454 g/mol. The SMILES string of the molecule is CC/C=C(/C=C\C(C1=CCN(Cc2cc3[nH]c(=O)c(CC)nc3cc2F)OC1)=C(/C)F)C(=O)NC. The number of aryl methyl sites for hydroxylation is 1. The summed E-state index contributed by atoms with van der Waals surface area (Å²) in [5.74, 6) is -1.11. The molecule has 0 aliphatic carbocycles. The van der Waals surface area contributed by atoms with Crippen LogP contribution < -0.4 is 10.9 Å². The summed E-state index contributed by atoms with van der Waals surface area (Å²) in [5, 5.41) is 4.12. The summed E-state index contributed by atoms with van der Waals surface area (Å²) in [6, 6.07) is 2.86. The fourth-order valence-corrected chi connectivity index (χ4v) is 3.74. The van der Waals surface area contributed by atoms with Crippen LogP contribution in [0, 0.1) is 5.82 Å². The van der Waals surface area contributed by atoms with E-state index in [0.29, 0.717) is 58.4 Å². The van der Waals surface area contributed by atoms with Crippen molar-refractivity contribution in [3.8, 4) is 0 Å². The van der Waals surface area contributed by atoms with Gasteiger partial charge >= 0.3 is 0 Å². The van der Waals surface area contributed by atoms with Crippen LogP contribution in [0.1, 0.15) is 38.4 Å². The van der Waals surface area contributed by atoms with Gasteiger partial charge in [-0.05, 0) is 37.5 Å². The van der Waals surface area contributed by atoms with Gasteiger partial charge in [-0.15, -0.1) is 0 Å². The van der Waals surface area contributed by atoms with Crippen molar-refractivity contribution in [3.63, 3.8) is 0 Å². The summed E-state index contributed by atoms with van der Waals surface area (Å²) in [7, 11) is 1.54. The van der Waals surface area contributed by atoms with Gasteiger partial charge < -0.3 is 10.3 Å². The molecule has 2 aromatic rings. The van der Waals surface area contributed by atoms with Gasteiger partial charge in [-0.3, -0.25) is 14.4 Å². The van der Waals surface area contributed by atoms with Gasteiger partial charge in [0.15, 0.2) is 0 Å². The molecule has 7 nitrogen and oxygen atoms in total. The normalized spacial score (nSPS) is 15.9. The predicted molar refractivity (Wildman–Crippen MR) is 132 cm³/mol. The maximum Gasteiger partial charge on any atom is 0.270 e. The molecule has 9 heteroatoms. The van der Waals surface area contributed by atoms with Crippen LogP contribution in [0.15, 0.2) is 63.8 Å². The van der Waals surface area contributed by atoms with E-state index in [1.165, 1.54) is 20.0 Å². The van der Waals surface area contributed by atoms with E-state index in [4.69, 9.17) is 4.84 Å². The van der Waals surface area contributed by atoms with E-state index in [1.807, 2.05) is 19.9 Å². The Morgan fingerprint density at radius 3 is 2.69 bits per heavy atom. The summed E-state index contributed by atoms with van der Waals surface area (Å²) >= 11 is 0. The number of fused-ring (bicyclic) bond motifs is 1. The average molecular weight is 485 g/mol. The van der Waals surface area contributed by atoms with Crippen LogP contribution in [-0.2, 0) is 22.6 Å². The van der Waals surface area contributed by atoms with E-state index < -0.39 is 11.6 Å². The molecule has 0 radical (unpaired) electrons. The van der Waals surface area contributed by atoms with E-state index in [-0.39, 0.29) is 24.6 Å². The first-order valence-electron chi connectivity index (χ1n) is 11.5. The molecule has 0 unspecified atom stereocenters. The number of benzene rings is 1. The van der Waals surface area contributed by atoms with Gasteiger partial charge in [0.2, 0.25) is 0 Å². The minimum Gasteiger partial charge on any atom is -0.355 e. The van der Waals surface area contributed by atoms with Crippen molar-refractivity contribution in [1.29, 1.82) is 0 Å². The predicted octanol–water partition coefficient (Wildman–Crippen LogP) is 4.18. The molecule has 2 heterocycles. The van der Waals surface area contributed by atoms with Crippen LogP contribution in [-0.4, -0.2) is 41.1 Å². The van der Waals surface area contributed by atoms with Crippen LogP contribution in [0.25, 0.3) is 11.0 Å². The monoisotopic (exact) mass is 484 g/mol.